The molecule has 1 N–H and O–H groups in total. The number of fused-ring (bicyclic) bond motifs is 1. The molecule has 0 spiro atoms. The first-order valence-electron chi connectivity index (χ1n) is 13.0. The van der Waals surface area contributed by atoms with Crippen molar-refractivity contribution in [2.45, 2.75) is 19.8 Å². The van der Waals surface area contributed by atoms with Gasteiger partial charge in [0.15, 0.2) is 5.69 Å². The Hall–Kier alpha value is -4.61. The number of hydrogen-bond donors (Lipinski definition) is 1. The second-order valence-electron chi connectivity index (χ2n) is 9.61. The molecule has 1 aliphatic heterocycles. The Morgan fingerprint density at radius 1 is 1.12 bits per heavy atom. The number of aryl methyl sites for hydroxylation is 1. The van der Waals surface area contributed by atoms with Crippen molar-refractivity contribution in [3.63, 3.8) is 0 Å². The Balaban J connectivity index is 1.35. The predicted octanol–water partition coefficient (Wildman–Crippen LogP) is 5.45. The van der Waals surface area contributed by atoms with Gasteiger partial charge in [-0.1, -0.05) is 41.4 Å². The van der Waals surface area contributed by atoms with Gasteiger partial charge in [-0.3, -0.25) is 9.59 Å². The number of carbonyl (C=O) groups excluding carboxylic acids is 2. The van der Waals surface area contributed by atoms with Gasteiger partial charge in [0.25, 0.3) is 5.91 Å². The Labute approximate surface area is 237 Å². The maximum atomic E-state index is 13.4. The average Bonchev–Trinajstić information content (AvgIpc) is 3.34. The molecule has 0 bridgehead atoms. The molecule has 2 heterocycles. The van der Waals surface area contributed by atoms with Gasteiger partial charge in [-0.25, -0.2) is 4.68 Å². The molecule has 0 fully saturated rings. The first kappa shape index (κ1) is 27.0. The SMILES string of the molecule is COc1ccc2c(c1)CCN(CCCNc1c(C#N)c(C(=O)c3ccc(C)cc3)nn1-c1ccc(Cl)cc1)C2=O. The molecular weight excluding hydrogens is 526 g/mol. The van der Waals surface area contributed by atoms with Gasteiger partial charge in [0.05, 0.1) is 12.8 Å². The molecule has 1 aliphatic rings. The highest BCUT2D eigenvalue weighted by molar-refractivity contribution is 6.30. The van der Waals surface area contributed by atoms with Crippen LogP contribution in [0.1, 0.15) is 49.5 Å². The van der Waals surface area contributed by atoms with Crippen molar-refractivity contribution >= 4 is 29.1 Å². The number of benzene rings is 3. The van der Waals surface area contributed by atoms with Gasteiger partial charge in [0.1, 0.15) is 23.2 Å². The molecular formula is C31H28ClN5O3. The number of aromatic nitrogens is 2. The Morgan fingerprint density at radius 2 is 1.88 bits per heavy atom. The zero-order valence-electron chi connectivity index (χ0n) is 22.3. The maximum Gasteiger partial charge on any atom is 0.254 e. The van der Waals surface area contributed by atoms with E-state index in [9.17, 15) is 14.9 Å². The van der Waals surface area contributed by atoms with Crippen LogP contribution in [0, 0.1) is 18.3 Å². The molecule has 40 heavy (non-hydrogen) atoms. The lowest BCUT2D eigenvalue weighted by molar-refractivity contribution is 0.0739. The molecule has 1 amide bonds. The highest BCUT2D eigenvalue weighted by Gasteiger charge is 2.26. The summed E-state index contributed by atoms with van der Waals surface area (Å²) in [4.78, 5) is 28.3. The molecule has 9 heteroatoms. The molecule has 0 atom stereocenters. The predicted molar refractivity (Wildman–Crippen MR) is 154 cm³/mol. The fraction of sp³-hybridized carbons (Fsp3) is 0.226. The number of amides is 1. The number of hydrogen-bond acceptors (Lipinski definition) is 6. The standard InChI is InChI=1S/C31H28ClN5O3/c1-20-4-6-21(7-5-20)29(38)28-27(19-33)30(37(35-28)24-10-8-23(32)9-11-24)34-15-3-16-36-17-14-22-18-25(40-2)12-13-26(22)31(36)39/h4-13,18,34H,3,14-17H2,1-2H3. The van der Waals surface area contributed by atoms with Gasteiger partial charge in [-0.15, -0.1) is 0 Å². The first-order chi connectivity index (χ1) is 19.4. The number of rotatable bonds is 9. The van der Waals surface area contributed by atoms with Crippen molar-refractivity contribution in [3.05, 3.63) is 105 Å². The van der Waals surface area contributed by atoms with E-state index in [1.807, 2.05) is 36.1 Å². The minimum atomic E-state index is -0.332. The van der Waals surface area contributed by atoms with E-state index in [1.165, 1.54) is 0 Å². The molecule has 8 nitrogen and oxygen atoms in total. The van der Waals surface area contributed by atoms with Crippen molar-refractivity contribution in [1.29, 1.82) is 5.26 Å². The van der Waals surface area contributed by atoms with E-state index in [1.54, 1.807) is 54.3 Å². The number of anilines is 1. The van der Waals surface area contributed by atoms with E-state index in [0.717, 1.165) is 23.3 Å². The largest absolute Gasteiger partial charge is 0.497 e. The third kappa shape index (κ3) is 5.42. The lowest BCUT2D eigenvalue weighted by atomic mass is 9.98. The van der Waals surface area contributed by atoms with Crippen LogP contribution in [0.5, 0.6) is 5.75 Å². The monoisotopic (exact) mass is 553 g/mol. The van der Waals surface area contributed by atoms with Crippen LogP contribution in [0.4, 0.5) is 5.82 Å². The molecule has 0 saturated carbocycles. The van der Waals surface area contributed by atoms with Crippen LogP contribution in [0.25, 0.3) is 5.69 Å². The van der Waals surface area contributed by atoms with Gasteiger partial charge < -0.3 is 15.0 Å². The molecule has 202 valence electrons. The number of nitrogens with zero attached hydrogens (tertiary/aromatic N) is 4. The van der Waals surface area contributed by atoms with Gasteiger partial charge in [0.2, 0.25) is 5.78 Å². The normalized spacial score (nSPS) is 12.6. The smallest absolute Gasteiger partial charge is 0.254 e. The summed E-state index contributed by atoms with van der Waals surface area (Å²) in [5.74, 6) is 0.832. The van der Waals surface area contributed by atoms with Crippen LogP contribution in [0.15, 0.2) is 66.7 Å². The van der Waals surface area contributed by atoms with Crippen molar-refractivity contribution in [2.75, 3.05) is 32.1 Å². The van der Waals surface area contributed by atoms with Crippen LogP contribution in [0.2, 0.25) is 5.02 Å². The number of nitrogens with one attached hydrogen (secondary N) is 1. The first-order valence-corrected chi connectivity index (χ1v) is 13.4. The van der Waals surface area contributed by atoms with Crippen LogP contribution in [-0.4, -0.2) is 53.1 Å². The van der Waals surface area contributed by atoms with E-state index in [-0.39, 0.29) is 22.9 Å². The summed E-state index contributed by atoms with van der Waals surface area (Å²) in [6.45, 7) is 3.58. The highest BCUT2D eigenvalue weighted by Crippen LogP contribution is 2.27. The molecule has 0 aliphatic carbocycles. The van der Waals surface area contributed by atoms with Gasteiger partial charge >= 0.3 is 0 Å². The van der Waals surface area contributed by atoms with Crippen LogP contribution < -0.4 is 10.1 Å². The van der Waals surface area contributed by atoms with Crippen LogP contribution in [-0.2, 0) is 6.42 Å². The summed E-state index contributed by atoms with van der Waals surface area (Å²) in [7, 11) is 1.61. The number of ketones is 1. The average molecular weight is 554 g/mol. The van der Waals surface area contributed by atoms with Gasteiger partial charge in [0, 0.05) is 35.8 Å². The second kappa shape index (κ2) is 11.6. The molecule has 1 aromatic heterocycles. The fourth-order valence-electron chi connectivity index (χ4n) is 4.79. The summed E-state index contributed by atoms with van der Waals surface area (Å²) in [6.07, 6.45) is 1.40. The van der Waals surface area contributed by atoms with Gasteiger partial charge in [-0.2, -0.15) is 10.4 Å². The minimum Gasteiger partial charge on any atom is -0.497 e. The summed E-state index contributed by atoms with van der Waals surface area (Å²) in [5.41, 5.74) is 4.07. The third-order valence-corrected chi connectivity index (χ3v) is 7.23. The molecule has 4 aromatic rings. The zero-order valence-corrected chi connectivity index (χ0v) is 23.0. The third-order valence-electron chi connectivity index (χ3n) is 6.98. The Morgan fingerprint density at radius 3 is 2.58 bits per heavy atom. The number of methoxy groups -OCH3 is 1. The van der Waals surface area contributed by atoms with E-state index < -0.39 is 0 Å². The summed E-state index contributed by atoms with van der Waals surface area (Å²) in [6, 6.07) is 21.9. The van der Waals surface area contributed by atoms with Crippen LogP contribution >= 0.6 is 11.6 Å². The highest BCUT2D eigenvalue weighted by atomic mass is 35.5. The van der Waals surface area contributed by atoms with E-state index in [2.05, 4.69) is 16.5 Å². The fourth-order valence-corrected chi connectivity index (χ4v) is 4.91. The molecule has 0 unspecified atom stereocenters. The zero-order chi connectivity index (χ0) is 28.2. The maximum absolute atomic E-state index is 13.4. The molecule has 3 aromatic carbocycles. The number of halogens is 1. The Bertz CT molecular complexity index is 1600. The van der Waals surface area contributed by atoms with Crippen molar-refractivity contribution in [2.24, 2.45) is 0 Å². The molecule has 5 rings (SSSR count). The van der Waals surface area contributed by atoms with Gasteiger partial charge in [-0.05, 0) is 67.8 Å². The second-order valence-corrected chi connectivity index (χ2v) is 10.0. The lowest BCUT2D eigenvalue weighted by Gasteiger charge is -2.29. The lowest BCUT2D eigenvalue weighted by Crippen LogP contribution is -2.38. The summed E-state index contributed by atoms with van der Waals surface area (Å²) in [5, 5.41) is 18.5. The summed E-state index contributed by atoms with van der Waals surface area (Å²) < 4.78 is 6.85. The number of ether oxygens (including phenoxy) is 1. The quantitative estimate of drug-likeness (QED) is 0.219. The van der Waals surface area contributed by atoms with E-state index >= 15 is 0 Å². The van der Waals surface area contributed by atoms with Crippen molar-refractivity contribution < 1.29 is 14.3 Å². The topological polar surface area (TPSA) is 100 Å². The number of carbonyl (C=O) groups is 2. The van der Waals surface area contributed by atoms with Crippen molar-refractivity contribution in [1.82, 2.24) is 14.7 Å². The minimum absolute atomic E-state index is 0.00111. The number of nitriles is 1. The molecule has 0 saturated heterocycles. The molecule has 0 radical (unpaired) electrons. The summed E-state index contributed by atoms with van der Waals surface area (Å²) >= 11 is 6.09. The van der Waals surface area contributed by atoms with E-state index in [0.29, 0.717) is 53.7 Å². The van der Waals surface area contributed by atoms with Crippen molar-refractivity contribution in [3.8, 4) is 17.5 Å². The van der Waals surface area contributed by atoms with E-state index in [4.69, 9.17) is 16.3 Å². The Kier molecular flexibility index (Phi) is 7.85. The van der Waals surface area contributed by atoms with Crippen LogP contribution in [0.3, 0.4) is 0 Å².